The van der Waals surface area contributed by atoms with E-state index in [9.17, 15) is 22.8 Å². The van der Waals surface area contributed by atoms with Crippen molar-refractivity contribution in [2.75, 3.05) is 24.3 Å². The van der Waals surface area contributed by atoms with Crippen LogP contribution in [0, 0.1) is 6.92 Å². The van der Waals surface area contributed by atoms with E-state index in [0.29, 0.717) is 35.0 Å². The molecule has 2 aromatic carbocycles. The molecule has 0 spiro atoms. The van der Waals surface area contributed by atoms with Crippen LogP contribution in [-0.4, -0.2) is 39.1 Å². The molecule has 0 unspecified atom stereocenters. The van der Waals surface area contributed by atoms with Crippen molar-refractivity contribution in [3.8, 4) is 11.4 Å². The molecule has 12 heteroatoms. The van der Waals surface area contributed by atoms with Crippen LogP contribution < -0.4 is 21.1 Å². The predicted molar refractivity (Wildman–Crippen MR) is 128 cm³/mol. The Labute approximate surface area is 203 Å². The number of aromatic nitrogens is 4. The number of ether oxygens (including phenoxy) is 1. The second-order valence-electron chi connectivity index (χ2n) is 7.73. The van der Waals surface area contributed by atoms with Gasteiger partial charge in [0.05, 0.1) is 23.7 Å². The van der Waals surface area contributed by atoms with Crippen molar-refractivity contribution in [2.24, 2.45) is 0 Å². The number of alkyl halides is 3. The van der Waals surface area contributed by atoms with Gasteiger partial charge in [0.1, 0.15) is 5.75 Å². The lowest BCUT2D eigenvalue weighted by Gasteiger charge is -2.15. The molecule has 0 aliphatic carbocycles. The van der Waals surface area contributed by atoms with Crippen LogP contribution >= 0.6 is 0 Å². The first-order valence-corrected chi connectivity index (χ1v) is 10.8. The number of benzene rings is 2. The number of halogens is 3. The number of methoxy groups -OCH3 is 1. The van der Waals surface area contributed by atoms with Crippen molar-refractivity contribution in [2.45, 2.75) is 20.0 Å². The van der Waals surface area contributed by atoms with Crippen LogP contribution in [0.3, 0.4) is 0 Å². The second-order valence-corrected chi connectivity index (χ2v) is 7.73. The molecule has 0 saturated carbocycles. The van der Waals surface area contributed by atoms with E-state index in [0.717, 1.165) is 18.2 Å². The minimum Gasteiger partial charge on any atom is -0.497 e. The summed E-state index contributed by atoms with van der Waals surface area (Å²) < 4.78 is 45.8. The highest BCUT2D eigenvalue weighted by molar-refractivity contribution is 6.04. The molecular weight excluding hydrogens is 477 g/mol. The lowest BCUT2D eigenvalue weighted by molar-refractivity contribution is -0.137. The summed E-state index contributed by atoms with van der Waals surface area (Å²) in [5.41, 5.74) is -0.492. The van der Waals surface area contributed by atoms with E-state index in [2.05, 4.69) is 25.6 Å². The number of anilines is 2. The monoisotopic (exact) mass is 498 g/mol. The smallest absolute Gasteiger partial charge is 0.416 e. The van der Waals surface area contributed by atoms with Gasteiger partial charge in [-0.3, -0.25) is 9.36 Å². The Balaban J connectivity index is 1.74. The maximum absolute atomic E-state index is 13.0. The first-order valence-electron chi connectivity index (χ1n) is 10.8. The van der Waals surface area contributed by atoms with Crippen LogP contribution in [-0.2, 0) is 6.18 Å². The zero-order valence-electron chi connectivity index (χ0n) is 19.5. The van der Waals surface area contributed by atoms with Crippen LogP contribution in [0.1, 0.15) is 28.5 Å². The van der Waals surface area contributed by atoms with Crippen LogP contribution in [0.15, 0.2) is 53.5 Å². The fourth-order valence-electron chi connectivity index (χ4n) is 3.61. The summed E-state index contributed by atoms with van der Waals surface area (Å²) >= 11 is 0. The minimum atomic E-state index is -4.59. The lowest BCUT2D eigenvalue weighted by Crippen LogP contribution is -2.24. The summed E-state index contributed by atoms with van der Waals surface area (Å²) in [5.74, 6) is -0.114. The first kappa shape index (κ1) is 24.6. The van der Waals surface area contributed by atoms with Crippen LogP contribution in [0.2, 0.25) is 0 Å². The summed E-state index contributed by atoms with van der Waals surface area (Å²) in [4.78, 5) is 38.2. The molecule has 0 fully saturated rings. The third-order valence-electron chi connectivity index (χ3n) is 5.32. The molecule has 4 aromatic rings. The Bertz CT molecular complexity index is 1520. The van der Waals surface area contributed by atoms with Gasteiger partial charge in [-0.05, 0) is 38.1 Å². The number of nitrogens with zero attached hydrogens (tertiary/aromatic N) is 4. The van der Waals surface area contributed by atoms with Crippen LogP contribution in [0.25, 0.3) is 16.7 Å². The molecule has 1 amide bonds. The molecule has 0 aliphatic heterocycles. The van der Waals surface area contributed by atoms with Crippen LogP contribution in [0.4, 0.5) is 24.8 Å². The van der Waals surface area contributed by atoms with E-state index in [4.69, 9.17) is 4.74 Å². The number of rotatable bonds is 6. The summed E-state index contributed by atoms with van der Waals surface area (Å²) in [6.45, 7) is 4.18. The molecule has 0 atom stereocenters. The van der Waals surface area contributed by atoms with Gasteiger partial charge in [0.15, 0.2) is 5.65 Å². The zero-order chi connectivity index (χ0) is 26.0. The van der Waals surface area contributed by atoms with Gasteiger partial charge in [0.25, 0.3) is 5.91 Å². The van der Waals surface area contributed by atoms with Gasteiger partial charge in [-0.2, -0.15) is 23.1 Å². The maximum Gasteiger partial charge on any atom is 0.416 e. The van der Waals surface area contributed by atoms with E-state index in [-0.39, 0.29) is 16.9 Å². The number of carbonyl (C=O) groups excluding carboxylic acids is 1. The van der Waals surface area contributed by atoms with Crippen molar-refractivity contribution >= 4 is 28.6 Å². The number of hydrogen-bond donors (Lipinski definition) is 2. The number of carbonyl (C=O) groups is 1. The number of aryl methyl sites for hydroxylation is 1. The molecule has 2 N–H and O–H groups in total. The molecule has 0 saturated heterocycles. The number of nitrogens with one attached hydrogen (secondary N) is 2. The average Bonchev–Trinajstić information content (AvgIpc) is 2.83. The molecule has 0 aliphatic rings. The zero-order valence-corrected chi connectivity index (χ0v) is 19.5. The van der Waals surface area contributed by atoms with Crippen molar-refractivity contribution in [1.29, 1.82) is 0 Å². The van der Waals surface area contributed by atoms with Gasteiger partial charge in [0.2, 0.25) is 5.95 Å². The SMILES string of the molecule is CCNc1ncc2c(C)n(-c3cc(NC(=O)c4cccc(C(F)(F)F)c4)cc(OC)c3)c(=O)nc2n1. The van der Waals surface area contributed by atoms with Gasteiger partial charge < -0.3 is 15.4 Å². The molecule has 0 bridgehead atoms. The highest BCUT2D eigenvalue weighted by Crippen LogP contribution is 2.30. The summed E-state index contributed by atoms with van der Waals surface area (Å²) in [6.07, 6.45) is -3.03. The summed E-state index contributed by atoms with van der Waals surface area (Å²) in [5, 5.41) is 6.06. The summed E-state index contributed by atoms with van der Waals surface area (Å²) in [7, 11) is 1.40. The molecule has 4 rings (SSSR count). The normalized spacial score (nSPS) is 11.4. The standard InChI is InChI=1S/C24H21F3N6O3/c1-4-28-22-29-12-19-13(2)33(23(35)32-20(19)31-22)17-9-16(10-18(11-17)36-3)30-21(34)14-6-5-7-15(8-14)24(25,26)27/h5-12H,4H2,1-3H3,(H,30,34)(H,28,31,32,35). The van der Waals surface area contributed by atoms with Gasteiger partial charge >= 0.3 is 11.9 Å². The Morgan fingerprint density at radius 2 is 1.92 bits per heavy atom. The highest BCUT2D eigenvalue weighted by Gasteiger charge is 2.31. The molecule has 2 aromatic heterocycles. The predicted octanol–water partition coefficient (Wildman–Crippen LogP) is 4.20. The first-order chi connectivity index (χ1) is 17.1. The van der Waals surface area contributed by atoms with E-state index in [1.54, 1.807) is 19.2 Å². The number of hydrogen-bond acceptors (Lipinski definition) is 7. The molecular formula is C24H21F3N6O3. The number of amides is 1. The molecule has 9 nitrogen and oxygen atoms in total. The Hall–Kier alpha value is -4.48. The van der Waals surface area contributed by atoms with E-state index in [1.807, 2.05) is 6.92 Å². The molecule has 186 valence electrons. The lowest BCUT2D eigenvalue weighted by atomic mass is 10.1. The maximum atomic E-state index is 13.0. The largest absolute Gasteiger partial charge is 0.497 e. The van der Waals surface area contributed by atoms with Gasteiger partial charge in [-0.15, -0.1) is 0 Å². The highest BCUT2D eigenvalue weighted by atomic mass is 19.4. The van der Waals surface area contributed by atoms with Crippen molar-refractivity contribution in [3.05, 3.63) is 76.0 Å². The fourth-order valence-corrected chi connectivity index (χ4v) is 3.61. The Morgan fingerprint density at radius 1 is 1.14 bits per heavy atom. The van der Waals surface area contributed by atoms with E-state index < -0.39 is 23.3 Å². The second kappa shape index (κ2) is 9.64. The summed E-state index contributed by atoms with van der Waals surface area (Å²) in [6, 6.07) is 8.61. The van der Waals surface area contributed by atoms with E-state index >= 15 is 0 Å². The van der Waals surface area contributed by atoms with Crippen molar-refractivity contribution < 1.29 is 22.7 Å². The Kier molecular flexibility index (Phi) is 6.60. The van der Waals surface area contributed by atoms with Gasteiger partial charge in [0, 0.05) is 41.8 Å². The van der Waals surface area contributed by atoms with E-state index in [1.165, 1.54) is 29.9 Å². The third-order valence-corrected chi connectivity index (χ3v) is 5.32. The topological polar surface area (TPSA) is 111 Å². The van der Waals surface area contributed by atoms with Crippen molar-refractivity contribution in [3.63, 3.8) is 0 Å². The number of fused-ring (bicyclic) bond motifs is 1. The third kappa shape index (κ3) is 4.97. The van der Waals surface area contributed by atoms with Gasteiger partial charge in [-0.1, -0.05) is 6.07 Å². The minimum absolute atomic E-state index is 0.177. The van der Waals surface area contributed by atoms with Crippen LogP contribution in [0.5, 0.6) is 5.75 Å². The fraction of sp³-hybridized carbons (Fsp3) is 0.208. The quantitative estimate of drug-likeness (QED) is 0.410. The Morgan fingerprint density at radius 3 is 2.61 bits per heavy atom. The molecule has 36 heavy (non-hydrogen) atoms. The average molecular weight is 498 g/mol. The molecule has 2 heterocycles. The van der Waals surface area contributed by atoms with Crippen molar-refractivity contribution in [1.82, 2.24) is 19.5 Å². The van der Waals surface area contributed by atoms with Gasteiger partial charge in [-0.25, -0.2) is 9.78 Å². The molecule has 0 radical (unpaired) electrons.